The molecule has 98 valence electrons. The van der Waals surface area contributed by atoms with Gasteiger partial charge in [0.05, 0.1) is 11.8 Å². The topological polar surface area (TPSA) is 72.8 Å². The van der Waals surface area contributed by atoms with Crippen molar-refractivity contribution in [2.45, 2.75) is 52.1 Å². The van der Waals surface area contributed by atoms with Crippen molar-refractivity contribution in [1.29, 1.82) is 0 Å². The predicted molar refractivity (Wildman–Crippen MR) is 60.0 cm³/mol. The number of carboxylic acids is 1. The first-order valence-corrected chi connectivity index (χ1v) is 5.93. The number of carboxylic acid groups (broad SMARTS) is 1. The molecular formula is C12H20O5. The molecule has 0 aromatic heterocycles. The minimum absolute atomic E-state index is 0.532. The van der Waals surface area contributed by atoms with E-state index in [9.17, 15) is 9.59 Å². The summed E-state index contributed by atoms with van der Waals surface area (Å²) in [5.74, 6) is -2.71. The van der Waals surface area contributed by atoms with E-state index in [0.717, 1.165) is 12.8 Å². The molecule has 1 rings (SSSR count). The van der Waals surface area contributed by atoms with Crippen LogP contribution in [0.3, 0.4) is 0 Å². The highest BCUT2D eigenvalue weighted by Crippen LogP contribution is 2.31. The molecule has 0 amide bonds. The van der Waals surface area contributed by atoms with E-state index in [0.29, 0.717) is 12.8 Å². The van der Waals surface area contributed by atoms with Gasteiger partial charge in [-0.05, 0) is 33.6 Å². The molecule has 5 heteroatoms. The zero-order chi connectivity index (χ0) is 13.1. The van der Waals surface area contributed by atoms with Gasteiger partial charge in [-0.2, -0.15) is 4.89 Å². The van der Waals surface area contributed by atoms with Crippen LogP contribution in [0, 0.1) is 11.8 Å². The zero-order valence-corrected chi connectivity index (χ0v) is 10.6. The maximum atomic E-state index is 11.7. The Balaban J connectivity index is 2.56. The van der Waals surface area contributed by atoms with Gasteiger partial charge in [0.15, 0.2) is 0 Å². The molecule has 0 aromatic carbocycles. The average molecular weight is 244 g/mol. The Hall–Kier alpha value is -1.10. The van der Waals surface area contributed by atoms with Gasteiger partial charge in [-0.1, -0.05) is 12.8 Å². The van der Waals surface area contributed by atoms with Crippen LogP contribution in [0.2, 0.25) is 0 Å². The van der Waals surface area contributed by atoms with E-state index in [-0.39, 0.29) is 0 Å². The van der Waals surface area contributed by atoms with Crippen molar-refractivity contribution >= 4 is 11.9 Å². The summed E-state index contributed by atoms with van der Waals surface area (Å²) in [4.78, 5) is 32.4. The molecule has 1 aliphatic carbocycles. The fourth-order valence-electron chi connectivity index (χ4n) is 1.94. The zero-order valence-electron chi connectivity index (χ0n) is 10.6. The summed E-state index contributed by atoms with van der Waals surface area (Å²) >= 11 is 0. The van der Waals surface area contributed by atoms with Crippen molar-refractivity contribution in [2.75, 3.05) is 0 Å². The Labute approximate surface area is 101 Å². The average Bonchev–Trinajstić information content (AvgIpc) is 2.25. The molecule has 5 nitrogen and oxygen atoms in total. The third-order valence-corrected chi connectivity index (χ3v) is 2.76. The quantitative estimate of drug-likeness (QED) is 0.608. The molecular weight excluding hydrogens is 224 g/mol. The van der Waals surface area contributed by atoms with Crippen LogP contribution in [0.15, 0.2) is 0 Å². The van der Waals surface area contributed by atoms with Gasteiger partial charge in [0, 0.05) is 0 Å². The van der Waals surface area contributed by atoms with Crippen LogP contribution in [0.25, 0.3) is 0 Å². The van der Waals surface area contributed by atoms with Gasteiger partial charge >= 0.3 is 11.9 Å². The largest absolute Gasteiger partial charge is 0.481 e. The second-order valence-electron chi connectivity index (χ2n) is 5.43. The lowest BCUT2D eigenvalue weighted by Gasteiger charge is -2.27. The number of carbonyl (C=O) groups is 2. The lowest BCUT2D eigenvalue weighted by Crippen LogP contribution is -2.35. The van der Waals surface area contributed by atoms with Crippen molar-refractivity contribution in [1.82, 2.24) is 0 Å². The van der Waals surface area contributed by atoms with Crippen LogP contribution in [0.5, 0.6) is 0 Å². The first-order valence-electron chi connectivity index (χ1n) is 5.93. The number of rotatable bonds is 3. The number of carbonyl (C=O) groups excluding carboxylic acids is 1. The molecule has 2 atom stereocenters. The number of hydrogen-bond donors (Lipinski definition) is 1. The first kappa shape index (κ1) is 14.0. The maximum absolute atomic E-state index is 11.7. The highest BCUT2D eigenvalue weighted by Gasteiger charge is 2.37. The second-order valence-corrected chi connectivity index (χ2v) is 5.43. The smallest absolute Gasteiger partial charge is 0.346 e. The Morgan fingerprint density at radius 2 is 1.65 bits per heavy atom. The van der Waals surface area contributed by atoms with Gasteiger partial charge in [-0.15, -0.1) is 0 Å². The van der Waals surface area contributed by atoms with Crippen LogP contribution in [-0.2, 0) is 19.4 Å². The monoisotopic (exact) mass is 244 g/mol. The van der Waals surface area contributed by atoms with Crippen LogP contribution >= 0.6 is 0 Å². The van der Waals surface area contributed by atoms with Crippen molar-refractivity contribution in [3.8, 4) is 0 Å². The van der Waals surface area contributed by atoms with Gasteiger partial charge in [0.2, 0.25) is 0 Å². The lowest BCUT2D eigenvalue weighted by atomic mass is 9.79. The van der Waals surface area contributed by atoms with Crippen LogP contribution in [-0.4, -0.2) is 22.6 Å². The Morgan fingerprint density at radius 3 is 2.12 bits per heavy atom. The van der Waals surface area contributed by atoms with E-state index >= 15 is 0 Å². The summed E-state index contributed by atoms with van der Waals surface area (Å²) < 4.78 is 0. The third-order valence-electron chi connectivity index (χ3n) is 2.76. The van der Waals surface area contributed by atoms with Crippen LogP contribution in [0.4, 0.5) is 0 Å². The van der Waals surface area contributed by atoms with E-state index in [1.165, 1.54) is 0 Å². The summed E-state index contributed by atoms with van der Waals surface area (Å²) in [5.41, 5.74) is -0.580. The minimum atomic E-state index is -0.928. The van der Waals surface area contributed by atoms with E-state index in [2.05, 4.69) is 0 Å². The van der Waals surface area contributed by atoms with Crippen molar-refractivity contribution in [3.05, 3.63) is 0 Å². The first-order chi connectivity index (χ1) is 7.81. The maximum Gasteiger partial charge on any atom is 0.346 e. The second kappa shape index (κ2) is 5.49. The molecule has 0 saturated heterocycles. The molecule has 0 aliphatic heterocycles. The summed E-state index contributed by atoms with van der Waals surface area (Å²) in [6.07, 6.45) is 2.80. The van der Waals surface area contributed by atoms with Gasteiger partial charge in [-0.3, -0.25) is 9.68 Å². The normalized spacial score (nSPS) is 25.4. The molecule has 17 heavy (non-hydrogen) atoms. The highest BCUT2D eigenvalue weighted by molar-refractivity contribution is 5.81. The Kier molecular flexibility index (Phi) is 4.51. The van der Waals surface area contributed by atoms with Crippen molar-refractivity contribution < 1.29 is 24.5 Å². The van der Waals surface area contributed by atoms with Crippen LogP contribution < -0.4 is 0 Å². The molecule has 0 spiro atoms. The minimum Gasteiger partial charge on any atom is -0.481 e. The molecule has 2 unspecified atom stereocenters. The van der Waals surface area contributed by atoms with Crippen molar-refractivity contribution in [3.63, 3.8) is 0 Å². The molecule has 0 aromatic rings. The van der Waals surface area contributed by atoms with Gasteiger partial charge in [0.1, 0.15) is 5.60 Å². The van der Waals surface area contributed by atoms with E-state index < -0.39 is 29.4 Å². The summed E-state index contributed by atoms with van der Waals surface area (Å²) in [5, 5.41) is 9.04. The molecule has 1 aliphatic rings. The van der Waals surface area contributed by atoms with E-state index in [4.69, 9.17) is 14.9 Å². The van der Waals surface area contributed by atoms with E-state index in [1.54, 1.807) is 20.8 Å². The third kappa shape index (κ3) is 4.34. The summed E-state index contributed by atoms with van der Waals surface area (Å²) in [6, 6.07) is 0. The molecule has 1 saturated carbocycles. The van der Waals surface area contributed by atoms with E-state index in [1.807, 2.05) is 0 Å². The molecule has 0 heterocycles. The standard InChI is InChI=1S/C12H20O5/c1-12(2,3)17-16-11(15)9-7-5-4-6-8(9)10(13)14/h8-9H,4-7H2,1-3H3,(H,13,14). The fourth-order valence-corrected chi connectivity index (χ4v) is 1.94. The lowest BCUT2D eigenvalue weighted by molar-refractivity contribution is -0.324. The van der Waals surface area contributed by atoms with Gasteiger partial charge < -0.3 is 5.11 Å². The predicted octanol–water partition coefficient (Wildman–Crippen LogP) is 2.15. The number of hydrogen-bond acceptors (Lipinski definition) is 4. The molecule has 1 N–H and O–H groups in total. The van der Waals surface area contributed by atoms with Gasteiger partial charge in [-0.25, -0.2) is 4.79 Å². The Morgan fingerprint density at radius 1 is 1.12 bits per heavy atom. The fraction of sp³-hybridized carbons (Fsp3) is 0.833. The molecule has 0 bridgehead atoms. The van der Waals surface area contributed by atoms with Gasteiger partial charge in [0.25, 0.3) is 0 Å². The van der Waals surface area contributed by atoms with Crippen molar-refractivity contribution in [2.24, 2.45) is 11.8 Å². The van der Waals surface area contributed by atoms with Crippen LogP contribution in [0.1, 0.15) is 46.5 Å². The molecule has 0 radical (unpaired) electrons. The SMILES string of the molecule is CC(C)(C)OOC(=O)C1CCCCC1C(=O)O. The molecule has 1 fully saturated rings. The highest BCUT2D eigenvalue weighted by atomic mass is 17.2. The summed E-state index contributed by atoms with van der Waals surface area (Å²) in [6.45, 7) is 5.28. The Bertz CT molecular complexity index is 292. The summed E-state index contributed by atoms with van der Waals surface area (Å²) in [7, 11) is 0. The number of aliphatic carboxylic acids is 1.